The molecule has 0 spiro atoms. The number of rotatable bonds is 3. The van der Waals surface area contributed by atoms with Gasteiger partial charge in [-0.3, -0.25) is 0 Å². The summed E-state index contributed by atoms with van der Waals surface area (Å²) >= 11 is 0. The van der Waals surface area contributed by atoms with Crippen molar-refractivity contribution in [2.45, 2.75) is 52.4 Å². The summed E-state index contributed by atoms with van der Waals surface area (Å²) in [6, 6.07) is 0. The van der Waals surface area contributed by atoms with Gasteiger partial charge in [-0.25, -0.2) is 0 Å². The van der Waals surface area contributed by atoms with Crippen molar-refractivity contribution < 1.29 is 0 Å². The van der Waals surface area contributed by atoms with Crippen LogP contribution >= 0.6 is 0 Å². The van der Waals surface area contributed by atoms with Gasteiger partial charge >= 0.3 is 0 Å². The number of hydrogen-bond acceptors (Lipinski definition) is 0. The molecule has 0 bridgehead atoms. The molecule has 1 aliphatic carbocycles. The molecule has 0 aromatic heterocycles. The van der Waals surface area contributed by atoms with E-state index in [1.807, 2.05) is 0 Å². The van der Waals surface area contributed by atoms with Crippen molar-refractivity contribution >= 4 is 0 Å². The van der Waals surface area contributed by atoms with Gasteiger partial charge < -0.3 is 0 Å². The SMILES string of the molecule is CCCCC1=C(C)CCC1. The molecule has 1 rings (SSSR count). The Bertz CT molecular complexity index is 131. The minimum Gasteiger partial charge on any atom is -0.0741 e. The van der Waals surface area contributed by atoms with Crippen LogP contribution in [0.5, 0.6) is 0 Å². The molecule has 0 nitrogen and oxygen atoms in total. The summed E-state index contributed by atoms with van der Waals surface area (Å²) in [5, 5.41) is 0. The van der Waals surface area contributed by atoms with E-state index in [1.54, 1.807) is 11.1 Å². The van der Waals surface area contributed by atoms with Gasteiger partial charge in [0.25, 0.3) is 0 Å². The van der Waals surface area contributed by atoms with Crippen LogP contribution < -0.4 is 0 Å². The molecule has 0 radical (unpaired) electrons. The lowest BCUT2D eigenvalue weighted by Crippen LogP contribution is -1.80. The fourth-order valence-electron chi connectivity index (χ4n) is 1.69. The predicted octanol–water partition coefficient (Wildman–Crippen LogP) is 3.68. The van der Waals surface area contributed by atoms with E-state index in [0.717, 1.165) is 0 Å². The molecule has 10 heavy (non-hydrogen) atoms. The van der Waals surface area contributed by atoms with Crippen molar-refractivity contribution in [1.29, 1.82) is 0 Å². The molecule has 0 saturated heterocycles. The van der Waals surface area contributed by atoms with Crippen LogP contribution in [0.15, 0.2) is 11.1 Å². The molecule has 0 aliphatic heterocycles. The molecule has 0 unspecified atom stereocenters. The number of allylic oxidation sites excluding steroid dienone is 2. The zero-order valence-corrected chi connectivity index (χ0v) is 7.24. The zero-order chi connectivity index (χ0) is 7.40. The van der Waals surface area contributed by atoms with E-state index in [1.165, 1.54) is 38.5 Å². The molecule has 0 aromatic rings. The number of unbranched alkanes of at least 4 members (excludes halogenated alkanes) is 1. The van der Waals surface area contributed by atoms with E-state index in [9.17, 15) is 0 Å². The van der Waals surface area contributed by atoms with Gasteiger partial charge in [0.05, 0.1) is 0 Å². The van der Waals surface area contributed by atoms with Crippen LogP contribution in [0.2, 0.25) is 0 Å². The Hall–Kier alpha value is -0.260. The van der Waals surface area contributed by atoms with Gasteiger partial charge in [-0.15, -0.1) is 0 Å². The lowest BCUT2D eigenvalue weighted by molar-refractivity contribution is 0.759. The third-order valence-corrected chi connectivity index (χ3v) is 2.47. The highest BCUT2D eigenvalue weighted by molar-refractivity contribution is 5.16. The summed E-state index contributed by atoms with van der Waals surface area (Å²) in [5.74, 6) is 0. The Labute approximate surface area is 64.3 Å². The van der Waals surface area contributed by atoms with Gasteiger partial charge in [0.15, 0.2) is 0 Å². The summed E-state index contributed by atoms with van der Waals surface area (Å²) in [4.78, 5) is 0. The monoisotopic (exact) mass is 138 g/mol. The first-order valence-corrected chi connectivity index (χ1v) is 4.52. The van der Waals surface area contributed by atoms with Crippen LogP contribution in [0.1, 0.15) is 52.4 Å². The Morgan fingerprint density at radius 2 is 2.10 bits per heavy atom. The predicted molar refractivity (Wildman–Crippen MR) is 46.1 cm³/mol. The van der Waals surface area contributed by atoms with Gasteiger partial charge in [-0.2, -0.15) is 0 Å². The normalized spacial score (nSPS) is 18.6. The van der Waals surface area contributed by atoms with Gasteiger partial charge in [0, 0.05) is 0 Å². The first-order chi connectivity index (χ1) is 4.84. The maximum Gasteiger partial charge on any atom is -0.0315 e. The Morgan fingerprint density at radius 1 is 1.30 bits per heavy atom. The van der Waals surface area contributed by atoms with Crippen LogP contribution in [0, 0.1) is 0 Å². The minimum absolute atomic E-state index is 1.34. The first kappa shape index (κ1) is 7.84. The van der Waals surface area contributed by atoms with Gasteiger partial charge in [-0.05, 0) is 39.0 Å². The van der Waals surface area contributed by atoms with Gasteiger partial charge in [0.2, 0.25) is 0 Å². The van der Waals surface area contributed by atoms with E-state index >= 15 is 0 Å². The van der Waals surface area contributed by atoms with Crippen molar-refractivity contribution in [2.24, 2.45) is 0 Å². The second-order valence-corrected chi connectivity index (χ2v) is 3.34. The molecule has 0 saturated carbocycles. The van der Waals surface area contributed by atoms with E-state index in [-0.39, 0.29) is 0 Å². The van der Waals surface area contributed by atoms with Crippen LogP contribution in [0.25, 0.3) is 0 Å². The Kier molecular flexibility index (Phi) is 2.98. The summed E-state index contributed by atoms with van der Waals surface area (Å²) in [6.45, 7) is 4.57. The molecule has 0 amide bonds. The third-order valence-electron chi connectivity index (χ3n) is 2.47. The molecule has 1 aliphatic rings. The molecule has 0 aromatic carbocycles. The summed E-state index contributed by atoms with van der Waals surface area (Å²) < 4.78 is 0. The highest BCUT2D eigenvalue weighted by Crippen LogP contribution is 2.28. The van der Waals surface area contributed by atoms with E-state index in [2.05, 4.69) is 13.8 Å². The molecule has 0 heteroatoms. The second-order valence-electron chi connectivity index (χ2n) is 3.34. The minimum atomic E-state index is 1.34. The van der Waals surface area contributed by atoms with E-state index in [0.29, 0.717) is 0 Å². The highest BCUT2D eigenvalue weighted by Gasteiger charge is 2.08. The summed E-state index contributed by atoms with van der Waals surface area (Å²) in [6.07, 6.45) is 8.31. The summed E-state index contributed by atoms with van der Waals surface area (Å²) in [5.41, 5.74) is 3.45. The first-order valence-electron chi connectivity index (χ1n) is 4.52. The molecule has 0 heterocycles. The standard InChI is InChI=1S/C10H18/c1-3-4-7-10-8-5-6-9(10)2/h3-8H2,1-2H3. The molecule has 0 N–H and O–H groups in total. The van der Waals surface area contributed by atoms with E-state index < -0.39 is 0 Å². The largest absolute Gasteiger partial charge is 0.0741 e. The van der Waals surface area contributed by atoms with Crippen LogP contribution in [0.4, 0.5) is 0 Å². The topological polar surface area (TPSA) is 0 Å². The van der Waals surface area contributed by atoms with Gasteiger partial charge in [0.1, 0.15) is 0 Å². The fraction of sp³-hybridized carbons (Fsp3) is 0.800. The van der Waals surface area contributed by atoms with Crippen LogP contribution in [-0.4, -0.2) is 0 Å². The highest BCUT2D eigenvalue weighted by atomic mass is 14.1. The smallest absolute Gasteiger partial charge is 0.0315 e. The maximum atomic E-state index is 2.30. The van der Waals surface area contributed by atoms with Crippen molar-refractivity contribution in [3.8, 4) is 0 Å². The van der Waals surface area contributed by atoms with Crippen molar-refractivity contribution in [2.75, 3.05) is 0 Å². The van der Waals surface area contributed by atoms with Crippen molar-refractivity contribution in [3.05, 3.63) is 11.1 Å². The lowest BCUT2D eigenvalue weighted by Gasteiger charge is -2.00. The third kappa shape index (κ3) is 1.86. The second kappa shape index (κ2) is 3.80. The fourth-order valence-corrected chi connectivity index (χ4v) is 1.69. The average Bonchev–Trinajstić information content (AvgIpc) is 2.31. The molecular formula is C10H18. The molecule has 58 valence electrons. The molecule has 0 fully saturated rings. The summed E-state index contributed by atoms with van der Waals surface area (Å²) in [7, 11) is 0. The Balaban J connectivity index is 2.31. The van der Waals surface area contributed by atoms with Gasteiger partial charge in [-0.1, -0.05) is 24.5 Å². The average molecular weight is 138 g/mol. The maximum absolute atomic E-state index is 2.30. The van der Waals surface area contributed by atoms with Crippen LogP contribution in [0.3, 0.4) is 0 Å². The quantitative estimate of drug-likeness (QED) is 0.522. The van der Waals surface area contributed by atoms with Crippen molar-refractivity contribution in [1.82, 2.24) is 0 Å². The lowest BCUT2D eigenvalue weighted by atomic mass is 10.1. The number of hydrogen-bond donors (Lipinski definition) is 0. The van der Waals surface area contributed by atoms with Crippen molar-refractivity contribution in [3.63, 3.8) is 0 Å². The molecule has 0 atom stereocenters. The van der Waals surface area contributed by atoms with E-state index in [4.69, 9.17) is 0 Å². The molecular weight excluding hydrogens is 120 g/mol. The Morgan fingerprint density at radius 3 is 2.60 bits per heavy atom. The van der Waals surface area contributed by atoms with Crippen LogP contribution in [-0.2, 0) is 0 Å². The zero-order valence-electron chi connectivity index (χ0n) is 7.24.